The van der Waals surface area contributed by atoms with E-state index >= 15 is 0 Å². The number of aryl methyl sites for hydroxylation is 2. The quantitative estimate of drug-likeness (QED) is 0.151. The van der Waals surface area contributed by atoms with E-state index in [1.807, 2.05) is 33.8 Å². The number of methoxy groups -OCH3 is 1. The number of benzene rings is 2. The summed E-state index contributed by atoms with van der Waals surface area (Å²) in [7, 11) is 1.34. The van der Waals surface area contributed by atoms with Crippen LogP contribution in [0.2, 0.25) is 15.1 Å². The molecule has 0 saturated heterocycles. The van der Waals surface area contributed by atoms with Crippen molar-refractivity contribution < 1.29 is 39.2 Å². The number of hydrogen-bond donors (Lipinski definition) is 4. The lowest BCUT2D eigenvalue weighted by molar-refractivity contribution is -0.124. The van der Waals surface area contributed by atoms with Gasteiger partial charge in [0.2, 0.25) is 0 Å². The summed E-state index contributed by atoms with van der Waals surface area (Å²) < 4.78 is 4.82. The number of pyridine rings is 2. The predicted molar refractivity (Wildman–Crippen MR) is 187 cm³/mol. The Morgan fingerprint density at radius 2 is 1.49 bits per heavy atom. The summed E-state index contributed by atoms with van der Waals surface area (Å²) in [5.41, 5.74) is 1.56. The van der Waals surface area contributed by atoms with Crippen LogP contribution >= 0.6 is 34.8 Å². The number of carbonyl (C=O) groups excluding carboxylic acids is 1. The Bertz CT molecular complexity index is 1980. The second-order valence-electron chi connectivity index (χ2n) is 11.2. The summed E-state index contributed by atoms with van der Waals surface area (Å²) in [6, 6.07) is 9.69. The van der Waals surface area contributed by atoms with Crippen LogP contribution in [0.5, 0.6) is 5.75 Å². The van der Waals surface area contributed by atoms with Crippen LogP contribution in [0.1, 0.15) is 75.6 Å². The number of carboxylic acid groups (broad SMARTS) is 3. The summed E-state index contributed by atoms with van der Waals surface area (Å²) in [4.78, 5) is 57.9. The molecular weight excluding hydrogens is 699 g/mol. The average molecular weight is 732 g/mol. The molecule has 2 aromatic heterocycles. The monoisotopic (exact) mass is 730 g/mol. The van der Waals surface area contributed by atoms with Gasteiger partial charge in [-0.2, -0.15) is 0 Å². The molecule has 4 aromatic rings. The number of amidine groups is 1. The van der Waals surface area contributed by atoms with Crippen LogP contribution in [0.4, 0.5) is 0 Å². The normalized spacial score (nSPS) is 15.0. The lowest BCUT2D eigenvalue weighted by Gasteiger charge is -2.21. The van der Waals surface area contributed by atoms with Crippen LogP contribution in [-0.2, 0) is 11.2 Å². The third kappa shape index (κ3) is 8.63. The first-order chi connectivity index (χ1) is 23.0. The zero-order valence-electron chi connectivity index (χ0n) is 27.3. The lowest BCUT2D eigenvalue weighted by atomic mass is 9.89. The fourth-order valence-corrected chi connectivity index (χ4v) is 5.22. The Hall–Kier alpha value is -4.78. The number of aromatic nitrogens is 2. The Morgan fingerprint density at radius 1 is 0.898 bits per heavy atom. The summed E-state index contributed by atoms with van der Waals surface area (Å²) in [6.45, 7) is 9.37. The van der Waals surface area contributed by atoms with E-state index in [0.717, 1.165) is 16.5 Å². The Kier molecular flexibility index (Phi) is 12.7. The van der Waals surface area contributed by atoms with Gasteiger partial charge in [0.1, 0.15) is 22.4 Å². The van der Waals surface area contributed by atoms with Crippen molar-refractivity contribution in [2.24, 2.45) is 10.9 Å². The van der Waals surface area contributed by atoms with Crippen LogP contribution in [0.25, 0.3) is 10.9 Å². The number of rotatable bonds is 7. The zero-order valence-corrected chi connectivity index (χ0v) is 29.5. The van der Waals surface area contributed by atoms with Crippen molar-refractivity contribution in [3.63, 3.8) is 0 Å². The number of ether oxygens (including phenoxy) is 1. The molecule has 5 rings (SSSR count). The van der Waals surface area contributed by atoms with Gasteiger partial charge in [0.05, 0.1) is 33.3 Å². The second-order valence-corrected chi connectivity index (χ2v) is 12.4. The number of aromatic carboxylic acids is 3. The molecule has 0 spiro atoms. The van der Waals surface area contributed by atoms with Crippen molar-refractivity contribution in [2.75, 3.05) is 7.11 Å². The molecular formula is C34H33Cl3N4O8. The molecule has 0 bridgehead atoms. The van der Waals surface area contributed by atoms with E-state index < -0.39 is 23.4 Å². The third-order valence-corrected chi connectivity index (χ3v) is 8.52. The molecule has 15 heteroatoms. The molecule has 2 aromatic carbocycles. The van der Waals surface area contributed by atoms with Crippen molar-refractivity contribution in [2.45, 2.75) is 46.6 Å². The highest BCUT2D eigenvalue weighted by Gasteiger charge is 2.43. The molecule has 258 valence electrons. The maximum Gasteiger partial charge on any atom is 0.341 e. The number of hydrogen-bond acceptors (Lipinski definition) is 8. The lowest BCUT2D eigenvalue weighted by Crippen LogP contribution is -2.41. The number of carboxylic acids is 3. The van der Waals surface area contributed by atoms with E-state index in [-0.39, 0.29) is 60.9 Å². The Labute approximate surface area is 296 Å². The SMILES string of the molecule is CCc1cnc(C2=NC(C)(C(C)C)C(=O)N2)c(C(=O)O)c1.COc1c(Cl)ccc(Cl)c1C(=O)O.Cc1cnc2c(C(=O)O)c(Cl)ccc2c1. The molecule has 1 amide bonds. The van der Waals surface area contributed by atoms with Crippen LogP contribution in [-0.4, -0.2) is 67.6 Å². The molecule has 1 aliphatic rings. The van der Waals surface area contributed by atoms with Crippen LogP contribution in [0, 0.1) is 12.8 Å². The molecule has 0 aliphatic carbocycles. The number of amides is 1. The molecule has 0 saturated carbocycles. The van der Waals surface area contributed by atoms with Gasteiger partial charge in [-0.25, -0.2) is 19.4 Å². The van der Waals surface area contributed by atoms with Gasteiger partial charge in [0.25, 0.3) is 5.91 Å². The van der Waals surface area contributed by atoms with Crippen LogP contribution in [0.15, 0.2) is 53.8 Å². The largest absolute Gasteiger partial charge is 0.494 e. The van der Waals surface area contributed by atoms with Gasteiger partial charge in [-0.1, -0.05) is 61.6 Å². The van der Waals surface area contributed by atoms with Gasteiger partial charge in [-0.15, -0.1) is 0 Å². The number of nitrogens with one attached hydrogen (secondary N) is 1. The molecule has 3 heterocycles. The average Bonchev–Trinajstić information content (AvgIpc) is 3.36. The van der Waals surface area contributed by atoms with Crippen molar-refractivity contribution in [3.8, 4) is 5.75 Å². The highest BCUT2D eigenvalue weighted by molar-refractivity contribution is 6.37. The molecule has 12 nitrogen and oxygen atoms in total. The second kappa shape index (κ2) is 16.1. The smallest absolute Gasteiger partial charge is 0.341 e. The standard InChI is InChI=1S/C15H19N3O3.C11H8ClNO2.C8H6Cl2O3/c1-5-9-6-10(13(19)20)11(16-7-9)12-17-14(21)15(4,18-12)8(2)3;1-6-4-7-2-3-8(12)9(11(14)15)10(7)13-5-6;1-13-7-5(10)3-2-4(9)6(7)8(11)12/h6-8H,5H2,1-4H3,(H,19,20)(H,17,18,21);2-5H,1H3,(H,14,15);2-3H,1H3,(H,11,12). The minimum absolute atomic E-state index is 0.00167. The van der Waals surface area contributed by atoms with Crippen molar-refractivity contribution in [1.82, 2.24) is 15.3 Å². The minimum Gasteiger partial charge on any atom is -0.494 e. The number of aliphatic imine (C=N–C) groups is 1. The highest BCUT2D eigenvalue weighted by Crippen LogP contribution is 2.33. The highest BCUT2D eigenvalue weighted by atomic mass is 35.5. The molecule has 0 fully saturated rings. The van der Waals surface area contributed by atoms with Gasteiger partial charge in [0.15, 0.2) is 11.6 Å². The molecule has 1 atom stereocenters. The summed E-state index contributed by atoms with van der Waals surface area (Å²) in [6.07, 6.45) is 3.93. The fraction of sp³-hybridized carbons (Fsp3) is 0.265. The number of carbonyl (C=O) groups is 4. The van der Waals surface area contributed by atoms with Gasteiger partial charge < -0.3 is 25.4 Å². The fourth-order valence-electron chi connectivity index (χ4n) is 4.52. The number of fused-ring (bicyclic) bond motifs is 1. The first kappa shape index (κ1) is 38.7. The molecule has 4 N–H and O–H groups in total. The summed E-state index contributed by atoms with van der Waals surface area (Å²) in [5, 5.41) is 31.1. The topological polar surface area (TPSA) is 188 Å². The number of nitrogens with zero attached hydrogens (tertiary/aromatic N) is 3. The van der Waals surface area contributed by atoms with E-state index in [2.05, 4.69) is 20.3 Å². The van der Waals surface area contributed by atoms with E-state index in [1.54, 1.807) is 37.5 Å². The molecule has 1 unspecified atom stereocenters. The molecule has 49 heavy (non-hydrogen) atoms. The summed E-state index contributed by atoms with van der Waals surface area (Å²) in [5.74, 6) is -3.21. The van der Waals surface area contributed by atoms with E-state index in [1.165, 1.54) is 19.2 Å². The van der Waals surface area contributed by atoms with Crippen LogP contribution < -0.4 is 10.1 Å². The Morgan fingerprint density at radius 3 is 2.00 bits per heavy atom. The maximum absolute atomic E-state index is 12.1. The van der Waals surface area contributed by atoms with Crippen molar-refractivity contribution in [1.29, 1.82) is 0 Å². The van der Waals surface area contributed by atoms with Gasteiger partial charge in [-0.05, 0) is 67.6 Å². The third-order valence-electron chi connectivity index (χ3n) is 7.60. The van der Waals surface area contributed by atoms with E-state index in [9.17, 15) is 24.3 Å². The van der Waals surface area contributed by atoms with Crippen LogP contribution in [0.3, 0.4) is 0 Å². The number of halogens is 3. The summed E-state index contributed by atoms with van der Waals surface area (Å²) >= 11 is 17.2. The molecule has 0 radical (unpaired) electrons. The molecule has 1 aliphatic heterocycles. The zero-order chi connectivity index (χ0) is 36.8. The minimum atomic E-state index is -1.16. The Balaban J connectivity index is 0.000000206. The maximum atomic E-state index is 12.1. The van der Waals surface area contributed by atoms with Crippen molar-refractivity contribution >= 4 is 75.4 Å². The van der Waals surface area contributed by atoms with E-state index in [4.69, 9.17) is 49.8 Å². The van der Waals surface area contributed by atoms with Gasteiger partial charge >= 0.3 is 17.9 Å². The first-order valence-electron chi connectivity index (χ1n) is 14.6. The van der Waals surface area contributed by atoms with E-state index in [0.29, 0.717) is 11.9 Å². The van der Waals surface area contributed by atoms with Gasteiger partial charge in [-0.3, -0.25) is 14.8 Å². The predicted octanol–water partition coefficient (Wildman–Crippen LogP) is 7.23. The van der Waals surface area contributed by atoms with Gasteiger partial charge in [0, 0.05) is 17.8 Å². The van der Waals surface area contributed by atoms with Crippen molar-refractivity contribution in [3.05, 3.63) is 97.4 Å². The first-order valence-corrected chi connectivity index (χ1v) is 15.8.